The van der Waals surface area contributed by atoms with Gasteiger partial charge in [-0.2, -0.15) is 0 Å². The highest BCUT2D eigenvalue weighted by molar-refractivity contribution is 5.25. The lowest BCUT2D eigenvalue weighted by Gasteiger charge is -2.16. The van der Waals surface area contributed by atoms with Gasteiger partial charge in [0.15, 0.2) is 0 Å². The number of hydrogen-bond acceptors (Lipinski definition) is 3. The van der Waals surface area contributed by atoms with E-state index in [1.165, 1.54) is 5.70 Å². The number of nitrogens with one attached hydrogen (secondary N) is 1. The quantitative estimate of drug-likeness (QED) is 0.665. The maximum atomic E-state index is 5.29. The van der Waals surface area contributed by atoms with Gasteiger partial charge in [-0.3, -0.25) is 4.99 Å². The van der Waals surface area contributed by atoms with Gasteiger partial charge in [-0.05, 0) is 25.9 Å². The predicted molar refractivity (Wildman–Crippen MR) is 54.8 cm³/mol. The molecule has 1 aliphatic rings. The molecule has 0 fully saturated rings. The Hall–Kier alpha value is -1.09. The maximum absolute atomic E-state index is 5.29. The molecule has 3 nitrogen and oxygen atoms in total. The molecule has 1 unspecified atom stereocenters. The molecule has 13 heavy (non-hydrogen) atoms. The lowest BCUT2D eigenvalue weighted by atomic mass is 10.1. The predicted octanol–water partition coefficient (Wildman–Crippen LogP) is 1.48. The first-order valence-corrected chi connectivity index (χ1v) is 4.38. The monoisotopic (exact) mass is 180 g/mol. The zero-order chi connectivity index (χ0) is 9.68. The Balaban J connectivity index is 2.56. The molecule has 1 aliphatic heterocycles. The highest BCUT2D eigenvalue weighted by Gasteiger charge is 2.13. The van der Waals surface area contributed by atoms with Crippen LogP contribution in [0, 0.1) is 0 Å². The molecule has 0 aromatic carbocycles. The van der Waals surface area contributed by atoms with E-state index in [0.717, 1.165) is 6.42 Å². The fourth-order valence-electron chi connectivity index (χ4n) is 1.23. The van der Waals surface area contributed by atoms with E-state index in [1.807, 2.05) is 13.1 Å². The van der Waals surface area contributed by atoms with Crippen LogP contribution in [0.15, 0.2) is 29.0 Å². The highest BCUT2D eigenvalue weighted by atomic mass is 16.5. The Bertz CT molecular complexity index is 223. The molecule has 0 saturated carbocycles. The molecule has 0 saturated heterocycles. The van der Waals surface area contributed by atoms with Gasteiger partial charge < -0.3 is 10.1 Å². The van der Waals surface area contributed by atoms with Crippen LogP contribution in [0.2, 0.25) is 0 Å². The van der Waals surface area contributed by atoms with Crippen molar-refractivity contribution in [1.29, 1.82) is 0 Å². The van der Waals surface area contributed by atoms with E-state index in [2.05, 4.69) is 29.2 Å². The molecule has 0 aromatic heterocycles. The molecule has 1 rings (SSSR count). The lowest BCUT2D eigenvalue weighted by molar-refractivity contribution is 0.123. The molecule has 1 heterocycles. The highest BCUT2D eigenvalue weighted by Crippen LogP contribution is 2.11. The summed E-state index contributed by atoms with van der Waals surface area (Å²) >= 11 is 0. The normalized spacial score (nSPS) is 22.8. The minimum atomic E-state index is 0.0138. The molecular formula is C10H16N2O. The van der Waals surface area contributed by atoms with E-state index >= 15 is 0 Å². The van der Waals surface area contributed by atoms with E-state index < -0.39 is 0 Å². The van der Waals surface area contributed by atoms with Crippen LogP contribution in [-0.2, 0) is 4.74 Å². The van der Waals surface area contributed by atoms with Crippen LogP contribution in [0.4, 0.5) is 0 Å². The molecule has 1 N–H and O–H groups in total. The first-order chi connectivity index (χ1) is 6.27. The number of allylic oxidation sites excluding steroid dienone is 1. The first-order valence-electron chi connectivity index (χ1n) is 4.38. The molecular weight excluding hydrogens is 164 g/mol. The summed E-state index contributed by atoms with van der Waals surface area (Å²) in [5.41, 5.74) is 1.17. The van der Waals surface area contributed by atoms with E-state index in [9.17, 15) is 0 Å². The van der Waals surface area contributed by atoms with Gasteiger partial charge in [0.25, 0.3) is 0 Å². The van der Waals surface area contributed by atoms with Gasteiger partial charge >= 0.3 is 0 Å². The second-order valence-electron chi connectivity index (χ2n) is 3.07. The van der Waals surface area contributed by atoms with E-state index in [1.54, 1.807) is 7.11 Å². The minimum absolute atomic E-state index is 0.0138. The van der Waals surface area contributed by atoms with Crippen LogP contribution in [0.5, 0.6) is 0 Å². The van der Waals surface area contributed by atoms with Crippen LogP contribution in [0.1, 0.15) is 13.3 Å². The summed E-state index contributed by atoms with van der Waals surface area (Å²) < 4.78 is 5.29. The third kappa shape index (κ3) is 2.70. The second-order valence-corrected chi connectivity index (χ2v) is 3.07. The van der Waals surface area contributed by atoms with Gasteiger partial charge in [0.2, 0.25) is 0 Å². The van der Waals surface area contributed by atoms with Crippen molar-refractivity contribution in [2.75, 3.05) is 7.11 Å². The third-order valence-corrected chi connectivity index (χ3v) is 2.13. The fraction of sp³-hybridized carbons (Fsp3) is 0.500. The molecule has 2 atom stereocenters. The Morgan fingerprint density at radius 1 is 1.77 bits per heavy atom. The number of nitrogens with zero attached hydrogens (tertiary/aromatic N) is 1. The fourth-order valence-corrected chi connectivity index (χ4v) is 1.23. The molecule has 0 aromatic rings. The zero-order valence-electron chi connectivity index (χ0n) is 8.16. The topological polar surface area (TPSA) is 33.6 Å². The molecule has 0 aliphatic carbocycles. The lowest BCUT2D eigenvalue weighted by Crippen LogP contribution is -2.22. The van der Waals surface area contributed by atoms with Gasteiger partial charge in [0.05, 0.1) is 12.1 Å². The number of hydrogen-bond donors (Lipinski definition) is 1. The average molecular weight is 180 g/mol. The Morgan fingerprint density at radius 2 is 2.54 bits per heavy atom. The second kappa shape index (κ2) is 4.82. The smallest absolute Gasteiger partial charge is 0.0992 e. The van der Waals surface area contributed by atoms with Crippen molar-refractivity contribution < 1.29 is 4.74 Å². The summed E-state index contributed by atoms with van der Waals surface area (Å²) in [5.74, 6) is 0. The van der Waals surface area contributed by atoms with Crippen molar-refractivity contribution in [3.8, 4) is 0 Å². The van der Waals surface area contributed by atoms with Gasteiger partial charge in [-0.1, -0.05) is 6.08 Å². The molecule has 0 amide bonds. The van der Waals surface area contributed by atoms with E-state index in [4.69, 9.17) is 4.74 Å². The van der Waals surface area contributed by atoms with Crippen LogP contribution >= 0.6 is 0 Å². The van der Waals surface area contributed by atoms with Crippen molar-refractivity contribution in [2.24, 2.45) is 4.99 Å². The standard InChI is InChI=1S/C10H16N2O/c1-8(11-2)10(13-3)7-9-5-4-6-12-9/h4,6-8,10,12H,2,5H2,1,3H3/b9-7+/t8-,10?/m1/s1. The Labute approximate surface area is 79.2 Å². The van der Waals surface area contributed by atoms with Gasteiger partial charge in [-0.25, -0.2) is 0 Å². The zero-order valence-corrected chi connectivity index (χ0v) is 8.16. The van der Waals surface area contributed by atoms with Crippen molar-refractivity contribution >= 4 is 6.72 Å². The van der Waals surface area contributed by atoms with Crippen molar-refractivity contribution in [2.45, 2.75) is 25.5 Å². The first kappa shape index (κ1) is 9.99. The van der Waals surface area contributed by atoms with E-state index in [-0.39, 0.29) is 12.1 Å². The van der Waals surface area contributed by atoms with Crippen molar-refractivity contribution in [1.82, 2.24) is 5.32 Å². The van der Waals surface area contributed by atoms with Crippen molar-refractivity contribution in [3.05, 3.63) is 24.0 Å². The number of methoxy groups -OCH3 is 1. The Kier molecular flexibility index (Phi) is 3.71. The van der Waals surface area contributed by atoms with Crippen LogP contribution in [-0.4, -0.2) is 26.0 Å². The maximum Gasteiger partial charge on any atom is 0.0992 e. The summed E-state index contributed by atoms with van der Waals surface area (Å²) in [4.78, 5) is 3.93. The molecule has 0 bridgehead atoms. The van der Waals surface area contributed by atoms with Gasteiger partial charge in [-0.15, -0.1) is 0 Å². The summed E-state index contributed by atoms with van der Waals surface area (Å²) in [6, 6.07) is 0.0971. The molecule has 0 spiro atoms. The van der Waals surface area contributed by atoms with Crippen LogP contribution in [0.3, 0.4) is 0 Å². The van der Waals surface area contributed by atoms with Crippen LogP contribution < -0.4 is 5.32 Å². The number of aliphatic imine (C=N–C) groups is 1. The van der Waals surface area contributed by atoms with Gasteiger partial charge in [0, 0.05) is 19.2 Å². The molecule has 0 radical (unpaired) electrons. The Morgan fingerprint density at radius 3 is 3.00 bits per heavy atom. The summed E-state index contributed by atoms with van der Waals surface area (Å²) in [6.45, 7) is 5.50. The van der Waals surface area contributed by atoms with E-state index in [0.29, 0.717) is 0 Å². The van der Waals surface area contributed by atoms with Crippen molar-refractivity contribution in [3.63, 3.8) is 0 Å². The van der Waals surface area contributed by atoms with Crippen LogP contribution in [0.25, 0.3) is 0 Å². The largest absolute Gasteiger partial charge is 0.375 e. The minimum Gasteiger partial charge on any atom is -0.375 e. The third-order valence-electron chi connectivity index (χ3n) is 2.13. The number of ether oxygens (including phenoxy) is 1. The molecule has 72 valence electrons. The van der Waals surface area contributed by atoms with Gasteiger partial charge in [0.1, 0.15) is 0 Å². The SMILES string of the molecule is C=N[C@H](C)C(/C=C1\CC=CN1)OC. The summed E-state index contributed by atoms with van der Waals surface area (Å²) in [5, 5.41) is 3.14. The number of rotatable bonds is 4. The summed E-state index contributed by atoms with van der Waals surface area (Å²) in [7, 11) is 1.69. The average Bonchev–Trinajstić information content (AvgIpc) is 2.65. The summed E-state index contributed by atoms with van der Waals surface area (Å²) in [6.07, 6.45) is 7.03. The molecule has 3 heteroatoms.